The molecule has 5 rings (SSSR count). The summed E-state index contributed by atoms with van der Waals surface area (Å²) in [5.74, 6) is -5.30. The molecule has 31 heavy (non-hydrogen) atoms. The molecule has 1 saturated heterocycles. The van der Waals surface area contributed by atoms with Gasteiger partial charge >= 0.3 is 0 Å². The van der Waals surface area contributed by atoms with Crippen LogP contribution in [0.4, 0.5) is 13.2 Å². The number of amides is 2. The highest BCUT2D eigenvalue weighted by Gasteiger charge is 2.56. The van der Waals surface area contributed by atoms with Crippen molar-refractivity contribution >= 4 is 11.8 Å². The van der Waals surface area contributed by atoms with Crippen molar-refractivity contribution in [2.75, 3.05) is 6.54 Å². The molecule has 2 unspecified atom stereocenters. The monoisotopic (exact) mass is 433 g/mol. The molecule has 1 saturated carbocycles. The number of hydrogen-bond acceptors (Lipinski definition) is 4. The van der Waals surface area contributed by atoms with Crippen molar-refractivity contribution in [3.63, 3.8) is 0 Å². The van der Waals surface area contributed by atoms with Gasteiger partial charge in [0.15, 0.2) is 11.4 Å². The van der Waals surface area contributed by atoms with Crippen molar-refractivity contribution in [1.29, 1.82) is 0 Å². The van der Waals surface area contributed by atoms with E-state index >= 15 is 0 Å². The van der Waals surface area contributed by atoms with Crippen LogP contribution in [0.15, 0.2) is 23.1 Å². The van der Waals surface area contributed by atoms with Crippen LogP contribution < -0.4 is 10.7 Å². The van der Waals surface area contributed by atoms with Crippen LogP contribution in [-0.2, 0) is 13.1 Å². The first kappa shape index (κ1) is 19.7. The van der Waals surface area contributed by atoms with Gasteiger partial charge in [-0.15, -0.1) is 0 Å². The minimum absolute atomic E-state index is 0.157. The lowest BCUT2D eigenvalue weighted by Gasteiger charge is -2.44. The van der Waals surface area contributed by atoms with E-state index in [1.807, 2.05) is 0 Å². The van der Waals surface area contributed by atoms with Crippen molar-refractivity contribution in [2.24, 2.45) is 5.92 Å². The summed E-state index contributed by atoms with van der Waals surface area (Å²) in [5.41, 5.74) is -2.60. The largest absolute Gasteiger partial charge is 0.503 e. The van der Waals surface area contributed by atoms with Gasteiger partial charge in [-0.1, -0.05) is 0 Å². The number of piperidine rings is 1. The average molecular weight is 433 g/mol. The Balaban J connectivity index is 1.46. The molecule has 1 aliphatic carbocycles. The Bertz CT molecular complexity index is 1190. The summed E-state index contributed by atoms with van der Waals surface area (Å²) in [7, 11) is 0. The number of rotatable bonds is 3. The minimum atomic E-state index is -1.18. The SMILES string of the molecule is O=C(NCc1c(F)cc(F)cc1F)c1cn2c(c(O)c1=O)C(=O)N1CC3CCC1(C3)C2. The predicted molar refractivity (Wildman–Crippen MR) is 101 cm³/mol. The van der Waals surface area contributed by atoms with E-state index in [-0.39, 0.29) is 11.2 Å². The normalized spacial score (nSPS) is 23.6. The number of nitrogens with one attached hydrogen (secondary N) is 1. The molecule has 2 amide bonds. The number of aromatic hydroxyl groups is 1. The first-order valence-corrected chi connectivity index (χ1v) is 9.90. The molecular weight excluding hydrogens is 415 g/mol. The first-order valence-electron chi connectivity index (χ1n) is 9.90. The molecule has 7 nitrogen and oxygen atoms in total. The molecule has 0 radical (unpaired) electrons. The standard InChI is InChI=1S/C21H18F3N3O4/c22-11-3-14(23)12(15(24)4-11)6-25-19(30)13-8-26-9-21-2-1-10(5-21)7-27(21)20(31)16(26)18(29)17(13)28/h3-4,8,10,29H,1-2,5-7,9H2,(H,25,30). The summed E-state index contributed by atoms with van der Waals surface area (Å²) in [5, 5.41) is 12.6. The van der Waals surface area contributed by atoms with E-state index in [1.54, 1.807) is 4.90 Å². The quantitative estimate of drug-likeness (QED) is 0.774. The second-order valence-electron chi connectivity index (χ2n) is 8.48. The van der Waals surface area contributed by atoms with Crippen LogP contribution in [0.3, 0.4) is 0 Å². The lowest BCUT2D eigenvalue weighted by Crippen LogP contribution is -2.55. The van der Waals surface area contributed by atoms with Gasteiger partial charge in [-0.05, 0) is 25.2 Å². The molecule has 3 heterocycles. The van der Waals surface area contributed by atoms with Gasteiger partial charge in [0.2, 0.25) is 5.43 Å². The maximum atomic E-state index is 13.8. The second-order valence-corrected chi connectivity index (χ2v) is 8.48. The van der Waals surface area contributed by atoms with Crippen LogP contribution in [0, 0.1) is 23.4 Å². The molecule has 2 N–H and O–H groups in total. The number of pyridine rings is 1. The van der Waals surface area contributed by atoms with Gasteiger partial charge in [-0.25, -0.2) is 13.2 Å². The molecule has 1 aromatic carbocycles. The number of hydrogen-bond donors (Lipinski definition) is 2. The van der Waals surface area contributed by atoms with Gasteiger partial charge < -0.3 is 19.9 Å². The minimum Gasteiger partial charge on any atom is -0.503 e. The third kappa shape index (κ3) is 2.84. The average Bonchev–Trinajstić information content (AvgIpc) is 3.27. The fraction of sp³-hybridized carbons (Fsp3) is 0.381. The van der Waals surface area contributed by atoms with Crippen molar-refractivity contribution in [1.82, 2.24) is 14.8 Å². The molecule has 1 spiro atoms. The maximum Gasteiger partial charge on any atom is 0.275 e. The Morgan fingerprint density at radius 3 is 2.61 bits per heavy atom. The Morgan fingerprint density at radius 1 is 1.23 bits per heavy atom. The zero-order valence-electron chi connectivity index (χ0n) is 16.3. The van der Waals surface area contributed by atoms with E-state index in [0.29, 0.717) is 31.1 Å². The fourth-order valence-corrected chi connectivity index (χ4v) is 5.20. The van der Waals surface area contributed by atoms with E-state index in [2.05, 4.69) is 5.32 Å². The summed E-state index contributed by atoms with van der Waals surface area (Å²) >= 11 is 0. The summed E-state index contributed by atoms with van der Waals surface area (Å²) in [6, 6.07) is 0.967. The molecule has 2 aliphatic heterocycles. The number of fused-ring (bicyclic) bond motifs is 2. The highest BCUT2D eigenvalue weighted by atomic mass is 19.1. The summed E-state index contributed by atoms with van der Waals surface area (Å²) in [4.78, 5) is 39.8. The van der Waals surface area contributed by atoms with Crippen molar-refractivity contribution in [2.45, 2.75) is 37.9 Å². The van der Waals surface area contributed by atoms with Crippen molar-refractivity contribution in [3.05, 3.63) is 62.8 Å². The van der Waals surface area contributed by atoms with Crippen LogP contribution in [0.2, 0.25) is 0 Å². The van der Waals surface area contributed by atoms with Crippen molar-refractivity contribution < 1.29 is 27.9 Å². The van der Waals surface area contributed by atoms with Gasteiger partial charge in [0, 0.05) is 43.5 Å². The number of carbonyl (C=O) groups excluding carboxylic acids is 2. The zero-order valence-corrected chi connectivity index (χ0v) is 16.3. The smallest absolute Gasteiger partial charge is 0.275 e. The second kappa shape index (κ2) is 6.60. The fourth-order valence-electron chi connectivity index (χ4n) is 5.20. The Morgan fingerprint density at radius 2 is 1.94 bits per heavy atom. The maximum absolute atomic E-state index is 13.8. The molecule has 10 heteroatoms. The van der Waals surface area contributed by atoms with Gasteiger partial charge in [0.05, 0.1) is 5.54 Å². The number of aromatic nitrogens is 1. The van der Waals surface area contributed by atoms with E-state index in [4.69, 9.17) is 0 Å². The highest BCUT2D eigenvalue weighted by molar-refractivity contribution is 5.99. The molecule has 3 aliphatic rings. The molecule has 2 atom stereocenters. The van der Waals surface area contributed by atoms with Crippen LogP contribution >= 0.6 is 0 Å². The van der Waals surface area contributed by atoms with E-state index in [0.717, 1.165) is 19.3 Å². The van der Waals surface area contributed by atoms with E-state index < -0.39 is 58.1 Å². The van der Waals surface area contributed by atoms with Crippen LogP contribution in [-0.4, -0.2) is 38.5 Å². The number of halogens is 3. The molecule has 2 bridgehead atoms. The summed E-state index contributed by atoms with van der Waals surface area (Å²) in [6.45, 7) is 0.306. The molecule has 162 valence electrons. The lowest BCUT2D eigenvalue weighted by molar-refractivity contribution is 0.0397. The Kier molecular flexibility index (Phi) is 4.18. The molecule has 1 aromatic heterocycles. The number of carbonyl (C=O) groups is 2. The Labute approximate surface area is 174 Å². The topological polar surface area (TPSA) is 91.6 Å². The van der Waals surface area contributed by atoms with Gasteiger partial charge in [-0.2, -0.15) is 0 Å². The van der Waals surface area contributed by atoms with Crippen LogP contribution in [0.5, 0.6) is 5.75 Å². The molecular formula is C21H18F3N3O4. The Hall–Kier alpha value is -3.30. The number of benzene rings is 1. The first-order chi connectivity index (χ1) is 14.7. The van der Waals surface area contributed by atoms with Crippen LogP contribution in [0.1, 0.15) is 45.7 Å². The highest BCUT2D eigenvalue weighted by Crippen LogP contribution is 2.50. The third-order valence-corrected chi connectivity index (χ3v) is 6.64. The zero-order chi connectivity index (χ0) is 22.1. The summed E-state index contributed by atoms with van der Waals surface area (Å²) in [6.07, 6.45) is 3.84. The number of nitrogens with zero attached hydrogens (tertiary/aromatic N) is 2. The van der Waals surface area contributed by atoms with Gasteiger partial charge in [0.25, 0.3) is 11.8 Å². The van der Waals surface area contributed by atoms with Gasteiger partial charge in [0.1, 0.15) is 23.0 Å². The lowest BCUT2D eigenvalue weighted by atomic mass is 9.93. The van der Waals surface area contributed by atoms with Crippen LogP contribution in [0.25, 0.3) is 0 Å². The van der Waals surface area contributed by atoms with Crippen molar-refractivity contribution in [3.8, 4) is 5.75 Å². The third-order valence-electron chi connectivity index (χ3n) is 6.64. The van der Waals surface area contributed by atoms with E-state index in [9.17, 15) is 32.7 Å². The molecule has 2 fully saturated rings. The predicted octanol–water partition coefficient (Wildman–Crippen LogP) is 1.91. The van der Waals surface area contributed by atoms with E-state index in [1.165, 1.54) is 10.8 Å². The summed E-state index contributed by atoms with van der Waals surface area (Å²) < 4.78 is 42.1. The van der Waals surface area contributed by atoms with Gasteiger partial charge in [-0.3, -0.25) is 14.4 Å². The molecule has 2 aromatic rings.